The lowest BCUT2D eigenvalue weighted by atomic mass is 10.1. The van der Waals surface area contributed by atoms with Gasteiger partial charge in [0.1, 0.15) is 5.75 Å². The summed E-state index contributed by atoms with van der Waals surface area (Å²) < 4.78 is 41.9. The average Bonchev–Trinajstić information content (AvgIpc) is 2.67. The normalized spacial score (nSPS) is 20.8. The molecule has 0 amide bonds. The van der Waals surface area contributed by atoms with Crippen LogP contribution in [0.4, 0.5) is 13.2 Å². The first kappa shape index (κ1) is 14.7. The first-order valence-corrected chi connectivity index (χ1v) is 6.93. The minimum atomic E-state index is -4.65. The number of alkyl halides is 3. The van der Waals surface area contributed by atoms with E-state index in [1.54, 1.807) is 12.1 Å². The van der Waals surface area contributed by atoms with Crippen molar-refractivity contribution in [2.75, 3.05) is 6.54 Å². The maximum absolute atomic E-state index is 12.4. The van der Waals surface area contributed by atoms with E-state index in [2.05, 4.69) is 32.5 Å². The van der Waals surface area contributed by atoms with Crippen molar-refractivity contribution in [3.63, 3.8) is 0 Å². The Labute approximate surface area is 118 Å². The van der Waals surface area contributed by atoms with Crippen molar-refractivity contribution in [1.29, 1.82) is 0 Å². The maximum atomic E-state index is 12.4. The van der Waals surface area contributed by atoms with Gasteiger partial charge in [0.25, 0.3) is 0 Å². The van der Waals surface area contributed by atoms with Crippen LogP contribution in [0.15, 0.2) is 22.7 Å². The van der Waals surface area contributed by atoms with E-state index in [9.17, 15) is 13.2 Å². The fourth-order valence-corrected chi connectivity index (χ4v) is 2.75. The van der Waals surface area contributed by atoms with Crippen LogP contribution in [0, 0.1) is 0 Å². The molecule has 1 aliphatic rings. The van der Waals surface area contributed by atoms with Crippen molar-refractivity contribution in [2.45, 2.75) is 38.7 Å². The lowest BCUT2D eigenvalue weighted by molar-refractivity contribution is -0.275. The highest BCUT2D eigenvalue weighted by Gasteiger charge is 2.32. The third-order valence-corrected chi connectivity index (χ3v) is 3.81. The number of likely N-dealkylation sites (tertiary alicyclic amines) is 1. The monoisotopic (exact) mass is 337 g/mol. The molecule has 0 N–H and O–H groups in total. The van der Waals surface area contributed by atoms with Gasteiger partial charge in [-0.25, -0.2) is 0 Å². The highest BCUT2D eigenvalue weighted by molar-refractivity contribution is 9.10. The fraction of sp³-hybridized carbons (Fsp3) is 0.538. The van der Waals surface area contributed by atoms with E-state index in [1.165, 1.54) is 6.07 Å². The van der Waals surface area contributed by atoms with Crippen LogP contribution in [-0.2, 0) is 6.54 Å². The summed E-state index contributed by atoms with van der Waals surface area (Å²) in [6.07, 6.45) is -2.48. The van der Waals surface area contributed by atoms with Crippen LogP contribution in [0.5, 0.6) is 5.75 Å². The van der Waals surface area contributed by atoms with Gasteiger partial charge in [0, 0.05) is 22.6 Å². The van der Waals surface area contributed by atoms with Crippen LogP contribution in [0.25, 0.3) is 0 Å². The number of halogens is 4. The first-order chi connectivity index (χ1) is 8.85. The molecule has 1 heterocycles. The minimum absolute atomic E-state index is 0.116. The average molecular weight is 338 g/mol. The zero-order valence-corrected chi connectivity index (χ0v) is 12.1. The number of benzene rings is 1. The van der Waals surface area contributed by atoms with E-state index < -0.39 is 6.36 Å². The number of hydrogen-bond acceptors (Lipinski definition) is 2. The zero-order valence-electron chi connectivity index (χ0n) is 10.5. The van der Waals surface area contributed by atoms with Crippen LogP contribution in [0.2, 0.25) is 0 Å². The molecule has 1 atom stereocenters. The molecular weight excluding hydrogens is 323 g/mol. The van der Waals surface area contributed by atoms with E-state index in [0.29, 0.717) is 18.2 Å². The Hall–Kier alpha value is -0.750. The third kappa shape index (κ3) is 4.11. The highest BCUT2D eigenvalue weighted by atomic mass is 79.9. The van der Waals surface area contributed by atoms with Crippen molar-refractivity contribution < 1.29 is 17.9 Å². The van der Waals surface area contributed by atoms with Gasteiger partial charge in [-0.05, 0) is 44.5 Å². The largest absolute Gasteiger partial charge is 0.573 e. The molecule has 0 unspecified atom stereocenters. The van der Waals surface area contributed by atoms with Gasteiger partial charge >= 0.3 is 6.36 Å². The van der Waals surface area contributed by atoms with Gasteiger partial charge in [0.2, 0.25) is 0 Å². The topological polar surface area (TPSA) is 12.5 Å². The van der Waals surface area contributed by atoms with Gasteiger partial charge in [0.05, 0.1) is 0 Å². The molecule has 1 aromatic carbocycles. The molecule has 0 radical (unpaired) electrons. The van der Waals surface area contributed by atoms with E-state index in [-0.39, 0.29) is 5.75 Å². The van der Waals surface area contributed by atoms with Gasteiger partial charge in [-0.1, -0.05) is 15.9 Å². The molecule has 2 nitrogen and oxygen atoms in total. The summed E-state index contributed by atoms with van der Waals surface area (Å²) in [6, 6.07) is 5.00. The number of ether oxygens (including phenoxy) is 1. The number of hydrogen-bond donors (Lipinski definition) is 0. The molecule has 1 fully saturated rings. The zero-order chi connectivity index (χ0) is 14.0. The predicted molar refractivity (Wildman–Crippen MR) is 69.9 cm³/mol. The van der Waals surface area contributed by atoms with E-state index in [1.807, 2.05) is 0 Å². The second kappa shape index (κ2) is 5.71. The SMILES string of the molecule is C[C@H]1CCCN1Cc1cc(Br)ccc1OC(F)(F)F. The maximum Gasteiger partial charge on any atom is 0.573 e. The smallest absolute Gasteiger partial charge is 0.405 e. The molecule has 0 bridgehead atoms. The highest BCUT2D eigenvalue weighted by Crippen LogP contribution is 2.31. The Bertz CT molecular complexity index is 450. The standard InChI is InChI=1S/C13H15BrF3NO/c1-9-3-2-6-18(9)8-10-7-11(14)4-5-12(10)19-13(15,16)17/h4-5,7,9H,2-3,6,8H2,1H3/t9-/m0/s1. The van der Waals surface area contributed by atoms with Crippen LogP contribution < -0.4 is 4.74 Å². The summed E-state index contributed by atoms with van der Waals surface area (Å²) >= 11 is 3.29. The molecule has 6 heteroatoms. The lowest BCUT2D eigenvalue weighted by Gasteiger charge is -2.23. The molecular formula is C13H15BrF3NO. The second-order valence-electron chi connectivity index (χ2n) is 4.76. The lowest BCUT2D eigenvalue weighted by Crippen LogP contribution is -2.27. The molecule has 19 heavy (non-hydrogen) atoms. The van der Waals surface area contributed by atoms with Crippen molar-refractivity contribution in [3.8, 4) is 5.75 Å². The van der Waals surface area contributed by atoms with Gasteiger partial charge in [-0.15, -0.1) is 13.2 Å². The van der Waals surface area contributed by atoms with Crippen LogP contribution in [0.3, 0.4) is 0 Å². The van der Waals surface area contributed by atoms with E-state index in [4.69, 9.17) is 0 Å². The number of rotatable bonds is 3. The van der Waals surface area contributed by atoms with E-state index >= 15 is 0 Å². The molecule has 0 aliphatic carbocycles. The summed E-state index contributed by atoms with van der Waals surface area (Å²) in [5.74, 6) is -0.116. The quantitative estimate of drug-likeness (QED) is 0.813. The summed E-state index contributed by atoms with van der Waals surface area (Å²) in [5, 5.41) is 0. The van der Waals surface area contributed by atoms with Crippen molar-refractivity contribution >= 4 is 15.9 Å². The van der Waals surface area contributed by atoms with Crippen molar-refractivity contribution in [2.24, 2.45) is 0 Å². The Morgan fingerprint density at radius 2 is 2.16 bits per heavy atom. The molecule has 1 aromatic rings. The minimum Gasteiger partial charge on any atom is -0.405 e. The molecule has 0 aromatic heterocycles. The Balaban J connectivity index is 2.19. The molecule has 1 aliphatic heterocycles. The Kier molecular flexibility index (Phi) is 4.40. The van der Waals surface area contributed by atoms with Crippen LogP contribution in [-0.4, -0.2) is 23.8 Å². The third-order valence-electron chi connectivity index (χ3n) is 3.31. The molecule has 0 saturated carbocycles. The summed E-state index contributed by atoms with van der Waals surface area (Å²) in [6.45, 7) is 3.49. The molecule has 0 spiro atoms. The molecule has 106 valence electrons. The van der Waals surface area contributed by atoms with E-state index in [0.717, 1.165) is 23.9 Å². The number of nitrogens with zero attached hydrogens (tertiary/aromatic N) is 1. The summed E-state index contributed by atoms with van der Waals surface area (Å²) in [4.78, 5) is 2.17. The fourth-order valence-electron chi connectivity index (χ4n) is 2.34. The Morgan fingerprint density at radius 1 is 1.42 bits per heavy atom. The first-order valence-electron chi connectivity index (χ1n) is 6.13. The van der Waals surface area contributed by atoms with Gasteiger partial charge in [-0.2, -0.15) is 0 Å². The predicted octanol–water partition coefficient (Wildman–Crippen LogP) is 4.33. The van der Waals surface area contributed by atoms with Crippen LogP contribution in [0.1, 0.15) is 25.3 Å². The van der Waals surface area contributed by atoms with Gasteiger partial charge in [-0.3, -0.25) is 4.90 Å². The van der Waals surface area contributed by atoms with Gasteiger partial charge < -0.3 is 4.74 Å². The van der Waals surface area contributed by atoms with Crippen molar-refractivity contribution in [3.05, 3.63) is 28.2 Å². The second-order valence-corrected chi connectivity index (χ2v) is 5.68. The van der Waals surface area contributed by atoms with Crippen LogP contribution >= 0.6 is 15.9 Å². The summed E-state index contributed by atoms with van der Waals surface area (Å²) in [7, 11) is 0. The van der Waals surface area contributed by atoms with Gasteiger partial charge in [0.15, 0.2) is 0 Å². The Morgan fingerprint density at radius 3 is 2.74 bits per heavy atom. The molecule has 1 saturated heterocycles. The molecule has 2 rings (SSSR count). The summed E-state index contributed by atoms with van der Waals surface area (Å²) in [5.41, 5.74) is 0.556. The van der Waals surface area contributed by atoms with Crippen molar-refractivity contribution in [1.82, 2.24) is 4.90 Å².